The van der Waals surface area contributed by atoms with Gasteiger partial charge in [-0.1, -0.05) is 42.5 Å². The number of carbonyl (C=O) groups excluding carboxylic acids is 1. The van der Waals surface area contributed by atoms with Crippen LogP contribution in [0.4, 0.5) is 0 Å². The number of primary amides is 1. The number of aromatic nitrogens is 4. The number of benzene rings is 2. The van der Waals surface area contributed by atoms with Crippen LogP contribution in [0.3, 0.4) is 0 Å². The number of ether oxygens (including phenoxy) is 1. The summed E-state index contributed by atoms with van der Waals surface area (Å²) in [5.74, 6) is -0.0924. The van der Waals surface area contributed by atoms with Gasteiger partial charge < -0.3 is 15.6 Å². The summed E-state index contributed by atoms with van der Waals surface area (Å²) >= 11 is 0. The average molecular weight is 353 g/mol. The zero-order valence-electron chi connectivity index (χ0n) is 14.0. The maximum absolute atomic E-state index is 11.1. The quantitative estimate of drug-likeness (QED) is 0.624. The Balaban J connectivity index is 1.52. The lowest BCUT2D eigenvalue weighted by atomic mass is 10.1. The first-order valence-electron chi connectivity index (χ1n) is 8.09. The van der Waals surface area contributed by atoms with E-state index in [1.165, 1.54) is 4.80 Å². The Morgan fingerprint density at radius 3 is 2.58 bits per heavy atom. The van der Waals surface area contributed by atoms with Crippen molar-refractivity contribution in [3.05, 3.63) is 65.7 Å². The Bertz CT molecular complexity index is 849. The third-order valence-corrected chi connectivity index (χ3v) is 3.68. The van der Waals surface area contributed by atoms with E-state index in [0.29, 0.717) is 23.6 Å². The van der Waals surface area contributed by atoms with Gasteiger partial charge in [0.15, 0.2) is 0 Å². The molecule has 0 bridgehead atoms. The van der Waals surface area contributed by atoms with Crippen molar-refractivity contribution < 1.29 is 14.6 Å². The summed E-state index contributed by atoms with van der Waals surface area (Å²) in [6.45, 7) is 0.764. The Labute approximate surface area is 150 Å². The van der Waals surface area contributed by atoms with E-state index in [9.17, 15) is 9.90 Å². The van der Waals surface area contributed by atoms with Crippen molar-refractivity contribution >= 4 is 5.91 Å². The van der Waals surface area contributed by atoms with Crippen LogP contribution in [-0.2, 0) is 17.9 Å². The molecule has 1 aromatic heterocycles. The van der Waals surface area contributed by atoms with E-state index in [2.05, 4.69) is 15.4 Å². The Hall–Kier alpha value is -3.10. The molecule has 1 heterocycles. The largest absolute Gasteiger partial charge is 0.389 e. The molecule has 0 aliphatic carbocycles. The first-order valence-corrected chi connectivity index (χ1v) is 8.09. The number of nitrogens with zero attached hydrogens (tertiary/aromatic N) is 4. The van der Waals surface area contributed by atoms with Crippen LogP contribution in [0.1, 0.15) is 15.9 Å². The van der Waals surface area contributed by atoms with Gasteiger partial charge in [0.2, 0.25) is 11.7 Å². The normalized spacial score (nSPS) is 12.0. The molecule has 0 fully saturated rings. The fraction of sp³-hybridized carbons (Fsp3) is 0.222. The first kappa shape index (κ1) is 17.7. The van der Waals surface area contributed by atoms with E-state index >= 15 is 0 Å². The molecule has 3 N–H and O–H groups in total. The molecule has 26 heavy (non-hydrogen) atoms. The minimum absolute atomic E-state index is 0.166. The van der Waals surface area contributed by atoms with Gasteiger partial charge in [-0.2, -0.15) is 4.80 Å². The highest BCUT2D eigenvalue weighted by Gasteiger charge is 2.11. The lowest BCUT2D eigenvalue weighted by Gasteiger charge is -2.10. The number of hydrogen-bond donors (Lipinski definition) is 2. The zero-order chi connectivity index (χ0) is 18.4. The van der Waals surface area contributed by atoms with E-state index < -0.39 is 12.0 Å². The van der Waals surface area contributed by atoms with Gasteiger partial charge in [-0.15, -0.1) is 10.2 Å². The number of tetrazole rings is 1. The molecule has 3 rings (SSSR count). The molecular formula is C18H19N5O3. The highest BCUT2D eigenvalue weighted by molar-refractivity contribution is 5.93. The van der Waals surface area contributed by atoms with Crippen LogP contribution in [0.5, 0.6) is 0 Å². The molecule has 2 aromatic carbocycles. The smallest absolute Gasteiger partial charge is 0.248 e. The molecule has 0 spiro atoms. The number of nitrogens with two attached hydrogens (primary N) is 1. The maximum atomic E-state index is 11.1. The summed E-state index contributed by atoms with van der Waals surface area (Å²) in [5, 5.41) is 22.2. The fourth-order valence-electron chi connectivity index (χ4n) is 2.35. The van der Waals surface area contributed by atoms with Gasteiger partial charge in [-0.25, -0.2) is 0 Å². The number of amides is 1. The molecule has 1 amide bonds. The fourth-order valence-corrected chi connectivity index (χ4v) is 2.35. The lowest BCUT2D eigenvalue weighted by Crippen LogP contribution is -2.23. The lowest BCUT2D eigenvalue weighted by molar-refractivity contribution is 0.0165. The van der Waals surface area contributed by atoms with Crippen molar-refractivity contribution in [2.45, 2.75) is 19.3 Å². The summed E-state index contributed by atoms with van der Waals surface area (Å²) in [7, 11) is 0. The van der Waals surface area contributed by atoms with Crippen LogP contribution in [-0.4, -0.2) is 43.9 Å². The Morgan fingerprint density at radius 1 is 1.15 bits per heavy atom. The third-order valence-electron chi connectivity index (χ3n) is 3.68. The van der Waals surface area contributed by atoms with E-state index in [4.69, 9.17) is 10.5 Å². The Morgan fingerprint density at radius 2 is 1.88 bits per heavy atom. The molecule has 8 heteroatoms. The molecule has 134 valence electrons. The van der Waals surface area contributed by atoms with Crippen molar-refractivity contribution in [1.29, 1.82) is 0 Å². The second-order valence-corrected chi connectivity index (χ2v) is 5.76. The highest BCUT2D eigenvalue weighted by atomic mass is 16.5. The predicted octanol–water partition coefficient (Wildman–Crippen LogP) is 1.02. The predicted molar refractivity (Wildman–Crippen MR) is 93.9 cm³/mol. The summed E-state index contributed by atoms with van der Waals surface area (Å²) < 4.78 is 5.50. The zero-order valence-corrected chi connectivity index (χ0v) is 14.0. The molecule has 0 aliphatic rings. The van der Waals surface area contributed by atoms with Gasteiger partial charge in [0.25, 0.3) is 0 Å². The number of rotatable bonds is 8. The molecule has 8 nitrogen and oxygen atoms in total. The maximum Gasteiger partial charge on any atom is 0.248 e. The van der Waals surface area contributed by atoms with Crippen molar-refractivity contribution in [3.8, 4) is 11.4 Å². The van der Waals surface area contributed by atoms with E-state index in [1.807, 2.05) is 30.3 Å². The van der Waals surface area contributed by atoms with Crippen molar-refractivity contribution in [2.75, 3.05) is 6.61 Å². The summed E-state index contributed by atoms with van der Waals surface area (Å²) in [6, 6.07) is 16.3. The van der Waals surface area contributed by atoms with Crippen molar-refractivity contribution in [1.82, 2.24) is 20.2 Å². The molecule has 3 aromatic rings. The minimum Gasteiger partial charge on any atom is -0.389 e. The number of aliphatic hydroxyl groups is 1. The highest BCUT2D eigenvalue weighted by Crippen LogP contribution is 2.14. The van der Waals surface area contributed by atoms with E-state index in [-0.39, 0.29) is 13.2 Å². The van der Waals surface area contributed by atoms with Crippen LogP contribution < -0.4 is 5.73 Å². The van der Waals surface area contributed by atoms with Gasteiger partial charge in [-0.05, 0) is 22.9 Å². The summed E-state index contributed by atoms with van der Waals surface area (Å²) in [6.07, 6.45) is -0.752. The summed E-state index contributed by atoms with van der Waals surface area (Å²) in [4.78, 5) is 12.4. The second kappa shape index (κ2) is 8.32. The van der Waals surface area contributed by atoms with Gasteiger partial charge >= 0.3 is 0 Å². The van der Waals surface area contributed by atoms with Crippen LogP contribution in [0.15, 0.2) is 54.6 Å². The van der Waals surface area contributed by atoms with Gasteiger partial charge in [0, 0.05) is 11.1 Å². The van der Waals surface area contributed by atoms with Gasteiger partial charge in [0.05, 0.1) is 25.9 Å². The topological polar surface area (TPSA) is 116 Å². The molecule has 0 saturated carbocycles. The average Bonchev–Trinajstić information content (AvgIpc) is 3.11. The molecule has 1 unspecified atom stereocenters. The monoisotopic (exact) mass is 353 g/mol. The summed E-state index contributed by atoms with van der Waals surface area (Å²) in [5.41, 5.74) is 7.37. The van der Waals surface area contributed by atoms with Crippen molar-refractivity contribution in [2.24, 2.45) is 5.73 Å². The number of aliphatic hydroxyl groups excluding tert-OH is 1. The van der Waals surface area contributed by atoms with Crippen LogP contribution in [0.25, 0.3) is 11.4 Å². The number of carbonyl (C=O) groups is 1. The molecule has 0 radical (unpaired) electrons. The molecule has 1 atom stereocenters. The van der Waals surface area contributed by atoms with E-state index in [0.717, 1.165) is 5.56 Å². The standard InChI is InChI=1S/C18H19N5O3/c19-17(25)14-6-8-15(9-7-14)18-20-22-23(21-18)10-16(24)12-26-11-13-4-2-1-3-5-13/h1-9,16,24H,10-12H2,(H2,19,25). The van der Waals surface area contributed by atoms with Crippen LogP contribution in [0.2, 0.25) is 0 Å². The van der Waals surface area contributed by atoms with Gasteiger partial charge in [-0.3, -0.25) is 4.79 Å². The number of hydrogen-bond acceptors (Lipinski definition) is 6. The van der Waals surface area contributed by atoms with E-state index in [1.54, 1.807) is 24.3 Å². The SMILES string of the molecule is NC(=O)c1ccc(-c2nnn(CC(O)COCc3ccccc3)n2)cc1. The third kappa shape index (κ3) is 4.71. The second-order valence-electron chi connectivity index (χ2n) is 5.76. The Kier molecular flexibility index (Phi) is 5.67. The van der Waals surface area contributed by atoms with Crippen LogP contribution in [0, 0.1) is 0 Å². The molecule has 0 aliphatic heterocycles. The molecule has 0 saturated heterocycles. The van der Waals surface area contributed by atoms with Gasteiger partial charge in [0.1, 0.15) is 0 Å². The molecular weight excluding hydrogens is 334 g/mol. The van der Waals surface area contributed by atoms with Crippen LogP contribution >= 0.6 is 0 Å². The van der Waals surface area contributed by atoms with Crippen molar-refractivity contribution in [3.63, 3.8) is 0 Å². The minimum atomic E-state index is -0.752. The first-order chi connectivity index (χ1) is 12.6.